The molecule has 0 aromatic rings. The first-order valence-corrected chi connectivity index (χ1v) is 12.7. The molecule has 171 valence electrons. The van der Waals surface area contributed by atoms with Gasteiger partial charge in [-0.1, -0.05) is 0 Å². The van der Waals surface area contributed by atoms with Crippen molar-refractivity contribution in [2.24, 2.45) is 0 Å². The van der Waals surface area contributed by atoms with Crippen LogP contribution < -0.4 is 0 Å². The maximum atomic E-state index is 10.5. The molecule has 0 aliphatic rings. The summed E-state index contributed by atoms with van der Waals surface area (Å²) in [6.07, 6.45) is 0. The maximum absolute atomic E-state index is 10.5. The van der Waals surface area contributed by atoms with E-state index in [9.17, 15) is 13.7 Å². The second-order valence-electron chi connectivity index (χ2n) is 3.91. The number of phosphoric acid groups is 3. The van der Waals surface area contributed by atoms with E-state index in [4.69, 9.17) is 14.7 Å². The molecule has 12 nitrogen and oxygen atoms in total. The third kappa shape index (κ3) is 29.2. The van der Waals surface area contributed by atoms with Crippen molar-refractivity contribution in [1.29, 1.82) is 0 Å². The molecule has 0 rings (SSSR count). The van der Waals surface area contributed by atoms with Crippen molar-refractivity contribution < 1.29 is 55.5 Å². The zero-order valence-electron chi connectivity index (χ0n) is 17.2. The van der Waals surface area contributed by atoms with Crippen LogP contribution in [0.15, 0.2) is 0 Å². The molecule has 0 saturated carbocycles. The van der Waals surface area contributed by atoms with Crippen LogP contribution in [0, 0.1) is 0 Å². The Labute approximate surface area is 180 Å². The van der Waals surface area contributed by atoms with Gasteiger partial charge in [-0.15, -0.1) is 0 Å². The minimum Gasteiger partial charge on any atom is -0.302 e. The van der Waals surface area contributed by atoms with Gasteiger partial charge in [0.2, 0.25) is 0 Å². The molecule has 0 bridgehead atoms. The van der Waals surface area contributed by atoms with Crippen molar-refractivity contribution in [3.63, 3.8) is 0 Å². The second kappa shape index (κ2) is 21.2. The Kier molecular flexibility index (Phi) is 27.5. The van der Waals surface area contributed by atoms with Crippen molar-refractivity contribution in [1.82, 2.24) is 0 Å². The standard InChI is InChI=1S/3C4H11O4P.Ga/c3*1-3-7-9(5,6)8-4-2;/h3*3-4H2,1-2H3,(H,5,6);. The minimum atomic E-state index is -3.69. The summed E-state index contributed by atoms with van der Waals surface area (Å²) >= 11 is 0. The van der Waals surface area contributed by atoms with Crippen molar-refractivity contribution in [3.8, 4) is 0 Å². The Morgan fingerprint density at radius 3 is 0.643 bits per heavy atom. The predicted octanol–water partition coefficient (Wildman–Crippen LogP) is 3.10. The minimum absolute atomic E-state index is 0. The average molecular weight is 532 g/mol. The Hall–Kier alpha value is 0.966. The Balaban J connectivity index is -0.000000152. The Morgan fingerprint density at radius 1 is 0.464 bits per heavy atom. The van der Waals surface area contributed by atoms with Gasteiger partial charge in [0.15, 0.2) is 0 Å². The number of phosphoric ester groups is 3. The SMILES string of the molecule is CCOP(=O)(O)OCC.CCOP(=O)(O)OCC.CCOP(=O)(O)OCC.[Ga]. The van der Waals surface area contributed by atoms with Crippen LogP contribution in [-0.4, -0.2) is 74.1 Å². The summed E-state index contributed by atoms with van der Waals surface area (Å²) < 4.78 is 57.7. The van der Waals surface area contributed by atoms with Gasteiger partial charge in [-0.2, -0.15) is 0 Å². The Morgan fingerprint density at radius 2 is 0.571 bits per heavy atom. The smallest absolute Gasteiger partial charge is 0.302 e. The van der Waals surface area contributed by atoms with Gasteiger partial charge in [-0.3, -0.25) is 27.1 Å². The molecule has 0 spiro atoms. The molecule has 0 unspecified atom stereocenters. The molecule has 0 aromatic heterocycles. The van der Waals surface area contributed by atoms with Crippen LogP contribution in [0.2, 0.25) is 0 Å². The molecule has 28 heavy (non-hydrogen) atoms. The van der Waals surface area contributed by atoms with E-state index in [0.29, 0.717) is 0 Å². The van der Waals surface area contributed by atoms with E-state index in [0.717, 1.165) is 0 Å². The fourth-order valence-corrected chi connectivity index (χ4v) is 3.27. The van der Waals surface area contributed by atoms with Gasteiger partial charge in [0.1, 0.15) is 0 Å². The molecule has 3 radical (unpaired) electrons. The topological polar surface area (TPSA) is 167 Å². The van der Waals surface area contributed by atoms with Gasteiger partial charge in [0, 0.05) is 19.8 Å². The molecule has 0 aliphatic carbocycles. The number of hydrogen-bond donors (Lipinski definition) is 3. The zero-order valence-corrected chi connectivity index (χ0v) is 22.3. The van der Waals surface area contributed by atoms with E-state index in [-0.39, 0.29) is 59.4 Å². The quantitative estimate of drug-likeness (QED) is 0.249. The van der Waals surface area contributed by atoms with Crippen molar-refractivity contribution in [2.45, 2.75) is 41.5 Å². The maximum Gasteiger partial charge on any atom is 0.472 e. The van der Waals surface area contributed by atoms with Crippen molar-refractivity contribution in [3.05, 3.63) is 0 Å². The molecule has 0 aromatic carbocycles. The summed E-state index contributed by atoms with van der Waals surface area (Å²) in [5, 5.41) is 0. The Bertz CT molecular complexity index is 382. The first-order valence-electron chi connectivity index (χ1n) is 8.22. The average Bonchev–Trinajstić information content (AvgIpc) is 2.47. The molecule has 0 saturated heterocycles. The van der Waals surface area contributed by atoms with Gasteiger partial charge in [0.25, 0.3) is 0 Å². The molecular weight excluding hydrogens is 499 g/mol. The summed E-state index contributed by atoms with van der Waals surface area (Å²) in [7, 11) is -11.1. The number of rotatable bonds is 12. The monoisotopic (exact) mass is 531 g/mol. The summed E-state index contributed by atoms with van der Waals surface area (Å²) in [5.74, 6) is 0. The van der Waals surface area contributed by atoms with Crippen LogP contribution in [0.3, 0.4) is 0 Å². The predicted molar refractivity (Wildman–Crippen MR) is 105 cm³/mol. The summed E-state index contributed by atoms with van der Waals surface area (Å²) in [6.45, 7) is 10.9. The van der Waals surface area contributed by atoms with Gasteiger partial charge >= 0.3 is 23.5 Å². The first-order chi connectivity index (χ1) is 12.4. The molecule has 3 N–H and O–H groups in total. The van der Waals surface area contributed by atoms with E-state index < -0.39 is 23.5 Å². The van der Waals surface area contributed by atoms with Gasteiger partial charge < -0.3 is 14.7 Å². The van der Waals surface area contributed by atoms with Crippen molar-refractivity contribution >= 4 is 43.3 Å². The van der Waals surface area contributed by atoms with Gasteiger partial charge in [-0.05, 0) is 41.5 Å². The van der Waals surface area contributed by atoms with Crippen LogP contribution in [0.4, 0.5) is 0 Å². The van der Waals surface area contributed by atoms with E-state index in [1.807, 2.05) is 0 Å². The molecule has 0 heterocycles. The van der Waals surface area contributed by atoms with Crippen LogP contribution in [0.25, 0.3) is 0 Å². The normalized spacial score (nSPS) is 11.5. The van der Waals surface area contributed by atoms with Gasteiger partial charge in [0.05, 0.1) is 39.6 Å². The van der Waals surface area contributed by atoms with Crippen molar-refractivity contribution in [2.75, 3.05) is 39.6 Å². The van der Waals surface area contributed by atoms with Crippen LogP contribution in [0.5, 0.6) is 0 Å². The largest absolute Gasteiger partial charge is 0.472 e. The van der Waals surface area contributed by atoms with E-state index in [2.05, 4.69) is 27.1 Å². The van der Waals surface area contributed by atoms with Gasteiger partial charge in [-0.25, -0.2) is 13.7 Å². The zero-order chi connectivity index (χ0) is 22.0. The van der Waals surface area contributed by atoms with Crippen LogP contribution >= 0.6 is 23.5 Å². The molecule has 0 atom stereocenters. The fourth-order valence-electron chi connectivity index (χ4n) is 1.09. The summed E-state index contributed by atoms with van der Waals surface area (Å²) in [5.41, 5.74) is 0. The first kappa shape index (κ1) is 36.3. The molecular formula is C12H33GaO12P3. The molecule has 0 amide bonds. The molecule has 0 aliphatic heterocycles. The fraction of sp³-hybridized carbons (Fsp3) is 1.00. The van der Waals surface area contributed by atoms with E-state index in [1.54, 1.807) is 41.5 Å². The molecule has 16 heteroatoms. The number of hydrogen-bond acceptors (Lipinski definition) is 9. The molecule has 0 fully saturated rings. The third-order valence-corrected chi connectivity index (χ3v) is 5.26. The van der Waals surface area contributed by atoms with Crippen LogP contribution in [0.1, 0.15) is 41.5 Å². The van der Waals surface area contributed by atoms with Crippen LogP contribution in [-0.2, 0) is 40.8 Å². The summed E-state index contributed by atoms with van der Waals surface area (Å²) in [4.78, 5) is 25.9. The van der Waals surface area contributed by atoms with E-state index >= 15 is 0 Å². The van der Waals surface area contributed by atoms with E-state index in [1.165, 1.54) is 0 Å². The summed E-state index contributed by atoms with van der Waals surface area (Å²) in [6, 6.07) is 0. The third-order valence-electron chi connectivity index (χ3n) is 1.75. The second-order valence-corrected chi connectivity index (χ2v) is 8.27.